The van der Waals surface area contributed by atoms with Crippen molar-refractivity contribution in [2.75, 3.05) is 25.0 Å². The Labute approximate surface area is 119 Å². The van der Waals surface area contributed by atoms with Crippen molar-refractivity contribution in [2.45, 2.75) is 26.8 Å². The van der Waals surface area contributed by atoms with Gasteiger partial charge in [-0.25, -0.2) is 0 Å². The van der Waals surface area contributed by atoms with Gasteiger partial charge in [0, 0.05) is 24.6 Å². The molecule has 1 saturated carbocycles. The highest BCUT2D eigenvalue weighted by Crippen LogP contribution is 2.39. The molecule has 0 spiro atoms. The van der Waals surface area contributed by atoms with Crippen molar-refractivity contribution in [1.29, 1.82) is 0 Å². The predicted molar refractivity (Wildman–Crippen MR) is 82.1 cm³/mol. The Morgan fingerprint density at radius 2 is 2.17 bits per heavy atom. The second kappa shape index (κ2) is 6.07. The molecule has 1 fully saturated rings. The SMILES string of the molecule is CCNCc1ccc(N(C)CC2CC2C)c(Br)c1. The van der Waals surface area contributed by atoms with Gasteiger partial charge in [0.05, 0.1) is 5.69 Å². The van der Waals surface area contributed by atoms with Crippen LogP contribution in [0.5, 0.6) is 0 Å². The number of anilines is 1. The number of rotatable bonds is 6. The van der Waals surface area contributed by atoms with Crippen LogP contribution in [-0.2, 0) is 6.54 Å². The molecule has 0 aromatic heterocycles. The fraction of sp³-hybridized carbons (Fsp3) is 0.600. The summed E-state index contributed by atoms with van der Waals surface area (Å²) in [7, 11) is 2.19. The van der Waals surface area contributed by atoms with Gasteiger partial charge in [-0.15, -0.1) is 0 Å². The van der Waals surface area contributed by atoms with Gasteiger partial charge in [0.1, 0.15) is 0 Å². The zero-order valence-electron chi connectivity index (χ0n) is 11.5. The quantitative estimate of drug-likeness (QED) is 0.863. The first-order chi connectivity index (χ1) is 8.61. The van der Waals surface area contributed by atoms with Gasteiger partial charge in [-0.1, -0.05) is 19.9 Å². The molecule has 3 heteroatoms. The number of benzene rings is 1. The maximum atomic E-state index is 3.70. The molecular weight excluding hydrogens is 288 g/mol. The largest absolute Gasteiger partial charge is 0.373 e. The van der Waals surface area contributed by atoms with Crippen LogP contribution < -0.4 is 10.2 Å². The molecule has 1 N–H and O–H groups in total. The van der Waals surface area contributed by atoms with Gasteiger partial charge < -0.3 is 10.2 Å². The molecule has 1 aliphatic carbocycles. The number of hydrogen-bond acceptors (Lipinski definition) is 2. The van der Waals surface area contributed by atoms with Crippen LogP contribution in [0, 0.1) is 11.8 Å². The Kier molecular flexibility index (Phi) is 4.68. The predicted octanol–water partition coefficient (Wildman–Crippen LogP) is 3.65. The first-order valence-electron chi connectivity index (χ1n) is 6.82. The van der Waals surface area contributed by atoms with Crippen LogP contribution in [0.2, 0.25) is 0 Å². The molecule has 0 amide bonds. The van der Waals surface area contributed by atoms with Gasteiger partial charge in [0.15, 0.2) is 0 Å². The van der Waals surface area contributed by atoms with Crippen molar-refractivity contribution < 1.29 is 0 Å². The number of halogens is 1. The van der Waals surface area contributed by atoms with Crippen molar-refractivity contribution in [1.82, 2.24) is 5.32 Å². The van der Waals surface area contributed by atoms with Crippen LogP contribution in [0.3, 0.4) is 0 Å². The fourth-order valence-electron chi connectivity index (χ4n) is 2.34. The van der Waals surface area contributed by atoms with Gasteiger partial charge in [-0.05, 0) is 58.4 Å². The van der Waals surface area contributed by atoms with Crippen molar-refractivity contribution in [3.8, 4) is 0 Å². The lowest BCUT2D eigenvalue weighted by Crippen LogP contribution is -2.21. The molecule has 1 aromatic rings. The second-order valence-electron chi connectivity index (χ2n) is 5.42. The Balaban J connectivity index is 1.99. The number of nitrogens with one attached hydrogen (secondary N) is 1. The molecule has 100 valence electrons. The van der Waals surface area contributed by atoms with Crippen LogP contribution in [0.4, 0.5) is 5.69 Å². The van der Waals surface area contributed by atoms with E-state index in [4.69, 9.17) is 0 Å². The molecule has 0 saturated heterocycles. The third-order valence-corrected chi connectivity index (χ3v) is 4.42. The van der Waals surface area contributed by atoms with Gasteiger partial charge in [-0.2, -0.15) is 0 Å². The van der Waals surface area contributed by atoms with E-state index in [1.54, 1.807) is 0 Å². The summed E-state index contributed by atoms with van der Waals surface area (Å²) in [5.74, 6) is 1.81. The van der Waals surface area contributed by atoms with E-state index < -0.39 is 0 Å². The summed E-state index contributed by atoms with van der Waals surface area (Å²) in [4.78, 5) is 2.37. The van der Waals surface area contributed by atoms with Crippen LogP contribution in [-0.4, -0.2) is 20.1 Å². The molecule has 1 aromatic carbocycles. The molecule has 0 bridgehead atoms. The minimum atomic E-state index is 0.892. The molecular formula is C15H23BrN2. The molecule has 18 heavy (non-hydrogen) atoms. The summed E-state index contributed by atoms with van der Waals surface area (Å²) in [6.07, 6.45) is 1.39. The summed E-state index contributed by atoms with van der Waals surface area (Å²) < 4.78 is 1.20. The molecule has 1 aliphatic rings. The van der Waals surface area contributed by atoms with E-state index in [-0.39, 0.29) is 0 Å². The Bertz CT molecular complexity index is 405. The van der Waals surface area contributed by atoms with Crippen LogP contribution >= 0.6 is 15.9 Å². The molecule has 0 heterocycles. The third kappa shape index (κ3) is 3.48. The Morgan fingerprint density at radius 3 is 2.72 bits per heavy atom. The highest BCUT2D eigenvalue weighted by atomic mass is 79.9. The van der Waals surface area contributed by atoms with Crippen LogP contribution in [0.25, 0.3) is 0 Å². The maximum Gasteiger partial charge on any atom is 0.0508 e. The van der Waals surface area contributed by atoms with Crippen molar-refractivity contribution in [2.24, 2.45) is 11.8 Å². The smallest absolute Gasteiger partial charge is 0.0508 e. The zero-order chi connectivity index (χ0) is 13.1. The average molecular weight is 311 g/mol. The topological polar surface area (TPSA) is 15.3 Å². The van der Waals surface area contributed by atoms with Gasteiger partial charge >= 0.3 is 0 Å². The molecule has 2 nitrogen and oxygen atoms in total. The summed E-state index contributed by atoms with van der Waals surface area (Å²) in [6.45, 7) is 7.60. The zero-order valence-corrected chi connectivity index (χ0v) is 13.1. The van der Waals surface area contributed by atoms with Crippen LogP contribution in [0.15, 0.2) is 22.7 Å². The van der Waals surface area contributed by atoms with E-state index in [0.29, 0.717) is 0 Å². The molecule has 2 unspecified atom stereocenters. The first kappa shape index (κ1) is 13.9. The summed E-state index contributed by atoms with van der Waals surface area (Å²) in [6, 6.07) is 6.67. The van der Waals surface area contributed by atoms with Gasteiger partial charge in [0.2, 0.25) is 0 Å². The summed E-state index contributed by atoms with van der Waals surface area (Å²) in [5, 5.41) is 3.35. The third-order valence-electron chi connectivity index (χ3n) is 3.79. The maximum absolute atomic E-state index is 3.70. The standard InChI is InChI=1S/C15H23BrN2/c1-4-17-9-12-5-6-15(14(16)8-12)18(3)10-13-7-11(13)2/h5-6,8,11,13,17H,4,7,9-10H2,1-3H3. The lowest BCUT2D eigenvalue weighted by molar-refractivity contribution is 0.720. The number of nitrogens with zero attached hydrogens (tertiary/aromatic N) is 1. The van der Waals surface area contributed by atoms with E-state index in [9.17, 15) is 0 Å². The van der Waals surface area contributed by atoms with Crippen molar-refractivity contribution in [3.63, 3.8) is 0 Å². The van der Waals surface area contributed by atoms with E-state index >= 15 is 0 Å². The van der Waals surface area contributed by atoms with Crippen molar-refractivity contribution >= 4 is 21.6 Å². The van der Waals surface area contributed by atoms with E-state index in [1.807, 2.05) is 0 Å². The minimum absolute atomic E-state index is 0.892. The van der Waals surface area contributed by atoms with Crippen LogP contribution in [0.1, 0.15) is 25.8 Å². The normalized spacial score (nSPS) is 22.0. The fourth-order valence-corrected chi connectivity index (χ4v) is 3.07. The van der Waals surface area contributed by atoms with E-state index in [1.165, 1.54) is 28.7 Å². The van der Waals surface area contributed by atoms with Crippen molar-refractivity contribution in [3.05, 3.63) is 28.2 Å². The number of hydrogen-bond donors (Lipinski definition) is 1. The van der Waals surface area contributed by atoms with Gasteiger partial charge in [-0.3, -0.25) is 0 Å². The summed E-state index contributed by atoms with van der Waals surface area (Å²) in [5.41, 5.74) is 2.63. The Hall–Kier alpha value is -0.540. The summed E-state index contributed by atoms with van der Waals surface area (Å²) >= 11 is 3.70. The highest BCUT2D eigenvalue weighted by Gasteiger charge is 2.33. The molecule has 0 radical (unpaired) electrons. The monoisotopic (exact) mass is 310 g/mol. The molecule has 2 atom stereocenters. The Morgan fingerprint density at radius 1 is 1.44 bits per heavy atom. The minimum Gasteiger partial charge on any atom is -0.373 e. The first-order valence-corrected chi connectivity index (χ1v) is 7.61. The van der Waals surface area contributed by atoms with E-state index in [0.717, 1.165) is 24.9 Å². The average Bonchev–Trinajstić information content (AvgIpc) is 3.02. The van der Waals surface area contributed by atoms with Gasteiger partial charge in [0.25, 0.3) is 0 Å². The lowest BCUT2D eigenvalue weighted by Gasteiger charge is -2.21. The second-order valence-corrected chi connectivity index (χ2v) is 6.27. The lowest BCUT2D eigenvalue weighted by atomic mass is 10.2. The van der Waals surface area contributed by atoms with E-state index in [2.05, 4.69) is 65.2 Å². The molecule has 2 rings (SSSR count). The highest BCUT2D eigenvalue weighted by molar-refractivity contribution is 9.10. The molecule has 0 aliphatic heterocycles.